The summed E-state index contributed by atoms with van der Waals surface area (Å²) in [6.45, 7) is 5.58. The van der Waals surface area contributed by atoms with E-state index >= 15 is 0 Å². The number of carbonyl (C=O) groups excluding carboxylic acids is 2. The van der Waals surface area contributed by atoms with Crippen molar-refractivity contribution in [1.29, 1.82) is 0 Å². The number of piperazine rings is 1. The van der Waals surface area contributed by atoms with Crippen molar-refractivity contribution < 1.29 is 9.59 Å². The SMILES string of the molecule is CC(=O)N(c1ccccc1)c1nc(/C=C/C(=O)N2CCN(Cc3ccccc3)CC2)cs1. The standard InChI is InChI=1S/C25H26N4O2S/c1-20(30)29(23-10-6-3-7-11-23)25-26-22(19-32-25)12-13-24(31)28-16-14-27(15-17-28)18-21-8-4-2-5-9-21/h2-13,19H,14-18H2,1H3/b13-12+. The topological polar surface area (TPSA) is 56.8 Å². The molecule has 7 heteroatoms. The Balaban J connectivity index is 1.33. The number of para-hydroxylation sites is 1. The minimum absolute atomic E-state index is 0.00889. The number of amides is 2. The summed E-state index contributed by atoms with van der Waals surface area (Å²) >= 11 is 1.38. The molecule has 3 aromatic rings. The van der Waals surface area contributed by atoms with Crippen LogP contribution in [0.1, 0.15) is 18.2 Å². The third-order valence-electron chi connectivity index (χ3n) is 5.36. The van der Waals surface area contributed by atoms with Crippen LogP contribution in [0.5, 0.6) is 0 Å². The minimum atomic E-state index is -0.106. The van der Waals surface area contributed by atoms with Gasteiger partial charge in [0.25, 0.3) is 0 Å². The van der Waals surface area contributed by atoms with E-state index in [4.69, 9.17) is 0 Å². The van der Waals surface area contributed by atoms with Gasteiger partial charge in [-0.15, -0.1) is 11.3 Å². The summed E-state index contributed by atoms with van der Waals surface area (Å²) in [5, 5.41) is 2.45. The van der Waals surface area contributed by atoms with Crippen LogP contribution in [0.15, 0.2) is 72.1 Å². The van der Waals surface area contributed by atoms with Crippen molar-refractivity contribution >= 4 is 40.0 Å². The first-order valence-electron chi connectivity index (χ1n) is 10.6. The van der Waals surface area contributed by atoms with Gasteiger partial charge in [0.2, 0.25) is 11.8 Å². The quantitative estimate of drug-likeness (QED) is 0.533. The molecule has 1 fully saturated rings. The van der Waals surface area contributed by atoms with E-state index in [1.807, 2.05) is 46.7 Å². The minimum Gasteiger partial charge on any atom is -0.337 e. The average molecular weight is 447 g/mol. The second kappa shape index (κ2) is 10.3. The van der Waals surface area contributed by atoms with Crippen LogP contribution in [0.25, 0.3) is 6.08 Å². The highest BCUT2D eigenvalue weighted by Gasteiger charge is 2.20. The van der Waals surface area contributed by atoms with Crippen LogP contribution in [0.3, 0.4) is 0 Å². The van der Waals surface area contributed by atoms with Gasteiger partial charge in [-0.3, -0.25) is 19.4 Å². The number of carbonyl (C=O) groups is 2. The maximum absolute atomic E-state index is 12.6. The van der Waals surface area contributed by atoms with Gasteiger partial charge in [0.15, 0.2) is 5.13 Å². The predicted molar refractivity (Wildman–Crippen MR) is 129 cm³/mol. The van der Waals surface area contributed by atoms with E-state index in [1.165, 1.54) is 23.8 Å². The van der Waals surface area contributed by atoms with E-state index in [9.17, 15) is 9.59 Å². The molecule has 164 valence electrons. The van der Waals surface area contributed by atoms with Gasteiger partial charge in [0.05, 0.1) is 11.4 Å². The fraction of sp³-hybridized carbons (Fsp3) is 0.240. The molecule has 0 N–H and O–H groups in total. The molecule has 1 aliphatic rings. The summed E-state index contributed by atoms with van der Waals surface area (Å²) in [6.07, 6.45) is 3.30. The van der Waals surface area contributed by atoms with Crippen LogP contribution in [-0.4, -0.2) is 52.8 Å². The molecule has 0 bridgehead atoms. The Kier molecular flexibility index (Phi) is 7.09. The number of nitrogens with zero attached hydrogens (tertiary/aromatic N) is 4. The van der Waals surface area contributed by atoms with Gasteiger partial charge in [0.1, 0.15) is 0 Å². The maximum atomic E-state index is 12.6. The molecule has 0 atom stereocenters. The molecule has 1 aromatic heterocycles. The molecule has 4 rings (SSSR count). The molecule has 32 heavy (non-hydrogen) atoms. The van der Waals surface area contributed by atoms with Gasteiger partial charge in [0, 0.05) is 51.1 Å². The van der Waals surface area contributed by atoms with Gasteiger partial charge in [-0.05, 0) is 23.8 Å². The Hall–Kier alpha value is -3.29. The van der Waals surface area contributed by atoms with Crippen molar-refractivity contribution in [3.05, 3.63) is 83.4 Å². The molecule has 0 saturated carbocycles. The lowest BCUT2D eigenvalue weighted by Gasteiger charge is -2.34. The van der Waals surface area contributed by atoms with Gasteiger partial charge in [-0.25, -0.2) is 4.98 Å². The first kappa shape index (κ1) is 21.9. The highest BCUT2D eigenvalue weighted by atomic mass is 32.1. The van der Waals surface area contributed by atoms with Crippen LogP contribution >= 0.6 is 11.3 Å². The summed E-state index contributed by atoms with van der Waals surface area (Å²) in [7, 11) is 0. The second-order valence-electron chi connectivity index (χ2n) is 7.67. The highest BCUT2D eigenvalue weighted by Crippen LogP contribution is 2.29. The summed E-state index contributed by atoms with van der Waals surface area (Å²) in [5.41, 5.74) is 2.74. The lowest BCUT2D eigenvalue weighted by molar-refractivity contribution is -0.127. The Bertz CT molecular complexity index is 1070. The van der Waals surface area contributed by atoms with Crippen molar-refractivity contribution in [2.75, 3.05) is 31.1 Å². The van der Waals surface area contributed by atoms with E-state index in [1.54, 1.807) is 17.1 Å². The molecule has 2 amide bonds. The molecule has 2 heterocycles. The second-order valence-corrected chi connectivity index (χ2v) is 8.50. The fourth-order valence-corrected chi connectivity index (χ4v) is 4.54. The van der Waals surface area contributed by atoms with Gasteiger partial charge < -0.3 is 4.90 Å². The van der Waals surface area contributed by atoms with Crippen molar-refractivity contribution in [3.8, 4) is 0 Å². The Morgan fingerprint density at radius 2 is 1.66 bits per heavy atom. The van der Waals surface area contributed by atoms with Crippen LogP contribution < -0.4 is 4.90 Å². The summed E-state index contributed by atoms with van der Waals surface area (Å²) in [5.74, 6) is -0.115. The average Bonchev–Trinajstić information content (AvgIpc) is 3.27. The van der Waals surface area contributed by atoms with Crippen LogP contribution in [0.4, 0.5) is 10.8 Å². The Morgan fingerprint density at radius 1 is 1.00 bits per heavy atom. The molecule has 1 saturated heterocycles. The van der Waals surface area contributed by atoms with Crippen LogP contribution in [-0.2, 0) is 16.1 Å². The molecule has 1 aliphatic heterocycles. The van der Waals surface area contributed by atoms with Gasteiger partial charge in [-0.1, -0.05) is 48.5 Å². The van der Waals surface area contributed by atoms with Gasteiger partial charge >= 0.3 is 0 Å². The Labute approximate surface area is 192 Å². The van der Waals surface area contributed by atoms with E-state index in [0.29, 0.717) is 23.9 Å². The summed E-state index contributed by atoms with van der Waals surface area (Å²) in [4.78, 5) is 35.2. The molecule has 0 unspecified atom stereocenters. The molecular formula is C25H26N4O2S. The third kappa shape index (κ3) is 5.49. The van der Waals surface area contributed by atoms with E-state index < -0.39 is 0 Å². The first-order chi connectivity index (χ1) is 15.6. The number of hydrogen-bond donors (Lipinski definition) is 0. The van der Waals surface area contributed by atoms with Crippen molar-refractivity contribution in [3.63, 3.8) is 0 Å². The van der Waals surface area contributed by atoms with Crippen molar-refractivity contribution in [2.24, 2.45) is 0 Å². The zero-order valence-corrected chi connectivity index (χ0v) is 18.9. The predicted octanol–water partition coefficient (Wildman–Crippen LogP) is 4.19. The van der Waals surface area contributed by atoms with Crippen LogP contribution in [0, 0.1) is 0 Å². The maximum Gasteiger partial charge on any atom is 0.246 e. The molecule has 2 aromatic carbocycles. The summed E-state index contributed by atoms with van der Waals surface area (Å²) in [6, 6.07) is 19.8. The molecular weight excluding hydrogens is 420 g/mol. The molecule has 0 spiro atoms. The van der Waals surface area contributed by atoms with E-state index in [-0.39, 0.29) is 11.8 Å². The number of benzene rings is 2. The fourth-order valence-electron chi connectivity index (χ4n) is 3.69. The van der Waals surface area contributed by atoms with E-state index in [2.05, 4.69) is 34.1 Å². The lowest BCUT2D eigenvalue weighted by atomic mass is 10.2. The smallest absolute Gasteiger partial charge is 0.246 e. The lowest BCUT2D eigenvalue weighted by Crippen LogP contribution is -2.47. The zero-order valence-electron chi connectivity index (χ0n) is 18.1. The molecule has 0 radical (unpaired) electrons. The molecule has 0 aliphatic carbocycles. The van der Waals surface area contributed by atoms with E-state index in [0.717, 1.165) is 25.3 Å². The zero-order chi connectivity index (χ0) is 22.3. The van der Waals surface area contributed by atoms with Gasteiger partial charge in [-0.2, -0.15) is 0 Å². The monoisotopic (exact) mass is 446 g/mol. The number of thiazole rings is 1. The number of anilines is 2. The normalized spacial score (nSPS) is 14.6. The van der Waals surface area contributed by atoms with Crippen molar-refractivity contribution in [2.45, 2.75) is 13.5 Å². The number of aromatic nitrogens is 1. The Morgan fingerprint density at radius 3 is 2.31 bits per heavy atom. The van der Waals surface area contributed by atoms with Crippen LogP contribution in [0.2, 0.25) is 0 Å². The third-order valence-corrected chi connectivity index (χ3v) is 6.20. The van der Waals surface area contributed by atoms with Crippen molar-refractivity contribution in [1.82, 2.24) is 14.8 Å². The molecule has 6 nitrogen and oxygen atoms in total. The first-order valence-corrected chi connectivity index (χ1v) is 11.5. The largest absolute Gasteiger partial charge is 0.337 e. The number of rotatable bonds is 6. The number of hydrogen-bond acceptors (Lipinski definition) is 5. The summed E-state index contributed by atoms with van der Waals surface area (Å²) < 4.78 is 0. The highest BCUT2D eigenvalue weighted by molar-refractivity contribution is 7.14.